The summed E-state index contributed by atoms with van der Waals surface area (Å²) in [7, 11) is 0. The number of aromatic nitrogens is 3. The van der Waals surface area contributed by atoms with Crippen LogP contribution in [0.5, 0.6) is 0 Å². The Morgan fingerprint density at radius 1 is 1.20 bits per heavy atom. The van der Waals surface area contributed by atoms with Gasteiger partial charge < -0.3 is 0 Å². The summed E-state index contributed by atoms with van der Waals surface area (Å²) < 4.78 is 1.43. The van der Waals surface area contributed by atoms with E-state index in [9.17, 15) is 9.59 Å². The van der Waals surface area contributed by atoms with Gasteiger partial charge in [0.2, 0.25) is 0 Å². The first kappa shape index (κ1) is 11.8. The smallest absolute Gasteiger partial charge is 0.257 e. The SMILES string of the molecule is CCCCC(CCC)n1[nH]c(=O)[nH]c1=O. The molecule has 1 atom stereocenters. The van der Waals surface area contributed by atoms with Crippen molar-refractivity contribution in [1.82, 2.24) is 14.8 Å². The van der Waals surface area contributed by atoms with Crippen LogP contribution in [-0.2, 0) is 0 Å². The molecule has 15 heavy (non-hydrogen) atoms. The summed E-state index contributed by atoms with van der Waals surface area (Å²) in [6.07, 6.45) is 5.05. The van der Waals surface area contributed by atoms with E-state index in [4.69, 9.17) is 0 Å². The van der Waals surface area contributed by atoms with E-state index in [1.165, 1.54) is 4.68 Å². The van der Waals surface area contributed by atoms with Crippen molar-refractivity contribution in [3.05, 3.63) is 21.0 Å². The zero-order chi connectivity index (χ0) is 11.3. The number of nitrogens with one attached hydrogen (secondary N) is 2. The Bertz CT molecular complexity index is 388. The van der Waals surface area contributed by atoms with Crippen LogP contribution in [-0.4, -0.2) is 14.8 Å². The summed E-state index contributed by atoms with van der Waals surface area (Å²) in [5.74, 6) is 0. The Hall–Kier alpha value is -1.26. The van der Waals surface area contributed by atoms with Gasteiger partial charge in [0.05, 0.1) is 6.04 Å². The molecule has 1 heterocycles. The largest absolute Gasteiger partial charge is 0.344 e. The molecule has 1 unspecified atom stereocenters. The summed E-state index contributed by atoms with van der Waals surface area (Å²) in [6.45, 7) is 4.19. The van der Waals surface area contributed by atoms with Gasteiger partial charge in [-0.25, -0.2) is 19.4 Å². The molecule has 0 radical (unpaired) electrons. The van der Waals surface area contributed by atoms with Gasteiger partial charge in [-0.1, -0.05) is 33.1 Å². The topological polar surface area (TPSA) is 70.7 Å². The van der Waals surface area contributed by atoms with Gasteiger partial charge in [0.1, 0.15) is 0 Å². The lowest BCUT2D eigenvalue weighted by atomic mass is 10.1. The molecule has 5 nitrogen and oxygen atoms in total. The van der Waals surface area contributed by atoms with Crippen LogP contribution < -0.4 is 11.4 Å². The molecule has 0 spiro atoms. The van der Waals surface area contributed by atoms with Crippen LogP contribution in [0.15, 0.2) is 9.59 Å². The van der Waals surface area contributed by atoms with E-state index in [-0.39, 0.29) is 11.7 Å². The molecule has 0 aliphatic carbocycles. The van der Waals surface area contributed by atoms with Crippen molar-refractivity contribution >= 4 is 0 Å². The average molecular weight is 213 g/mol. The number of rotatable bonds is 6. The zero-order valence-corrected chi connectivity index (χ0v) is 9.38. The highest BCUT2D eigenvalue weighted by Crippen LogP contribution is 2.17. The summed E-state index contributed by atoms with van der Waals surface area (Å²) in [5, 5.41) is 2.53. The summed E-state index contributed by atoms with van der Waals surface area (Å²) >= 11 is 0. The summed E-state index contributed by atoms with van der Waals surface area (Å²) in [4.78, 5) is 24.6. The van der Waals surface area contributed by atoms with Gasteiger partial charge in [-0.2, -0.15) is 0 Å². The molecule has 0 aromatic carbocycles. The number of unbranched alkanes of at least 4 members (excludes halogenated alkanes) is 1. The molecule has 1 aromatic heterocycles. The van der Waals surface area contributed by atoms with Gasteiger partial charge in [0.25, 0.3) is 0 Å². The first-order valence-corrected chi connectivity index (χ1v) is 5.59. The second kappa shape index (κ2) is 5.58. The highest BCUT2D eigenvalue weighted by atomic mass is 16.2. The molecular weight excluding hydrogens is 194 g/mol. The first-order valence-electron chi connectivity index (χ1n) is 5.59. The van der Waals surface area contributed by atoms with Crippen molar-refractivity contribution in [3.8, 4) is 0 Å². The van der Waals surface area contributed by atoms with Crippen molar-refractivity contribution in [2.24, 2.45) is 0 Å². The molecule has 0 saturated carbocycles. The van der Waals surface area contributed by atoms with Gasteiger partial charge in [-0.15, -0.1) is 0 Å². The minimum absolute atomic E-state index is 0.126. The van der Waals surface area contributed by atoms with E-state index in [0.29, 0.717) is 0 Å². The van der Waals surface area contributed by atoms with Crippen molar-refractivity contribution in [2.45, 2.75) is 52.0 Å². The lowest BCUT2D eigenvalue weighted by molar-refractivity contribution is 0.373. The fourth-order valence-corrected chi connectivity index (χ4v) is 1.78. The highest BCUT2D eigenvalue weighted by molar-refractivity contribution is 4.70. The Labute approximate surface area is 88.5 Å². The first-order chi connectivity index (χ1) is 7.19. The lowest BCUT2D eigenvalue weighted by Crippen LogP contribution is -2.23. The molecule has 1 rings (SSSR count). The number of H-pyrrole nitrogens is 2. The maximum atomic E-state index is 11.4. The zero-order valence-electron chi connectivity index (χ0n) is 9.38. The minimum Gasteiger partial charge on any atom is -0.257 e. The van der Waals surface area contributed by atoms with Crippen LogP contribution in [0.2, 0.25) is 0 Å². The van der Waals surface area contributed by atoms with Crippen LogP contribution in [0.3, 0.4) is 0 Å². The van der Waals surface area contributed by atoms with Crippen molar-refractivity contribution in [2.75, 3.05) is 0 Å². The Morgan fingerprint density at radius 2 is 1.93 bits per heavy atom. The maximum Gasteiger partial charge on any atom is 0.344 e. The van der Waals surface area contributed by atoms with E-state index in [2.05, 4.69) is 23.9 Å². The normalized spacial score (nSPS) is 12.9. The molecule has 5 heteroatoms. The third-order valence-corrected chi connectivity index (χ3v) is 2.54. The minimum atomic E-state index is -0.419. The number of aromatic amines is 2. The average Bonchev–Trinajstić information content (AvgIpc) is 2.52. The predicted molar refractivity (Wildman–Crippen MR) is 59.1 cm³/mol. The molecule has 0 saturated heterocycles. The van der Waals surface area contributed by atoms with Crippen LogP contribution in [0.25, 0.3) is 0 Å². The molecule has 86 valence electrons. The van der Waals surface area contributed by atoms with Crippen LogP contribution in [0.1, 0.15) is 52.0 Å². The van der Waals surface area contributed by atoms with Crippen molar-refractivity contribution in [1.29, 1.82) is 0 Å². The van der Waals surface area contributed by atoms with E-state index in [1.807, 2.05) is 0 Å². The molecule has 0 bridgehead atoms. The molecule has 0 amide bonds. The Balaban J connectivity index is 2.83. The van der Waals surface area contributed by atoms with Crippen molar-refractivity contribution < 1.29 is 0 Å². The van der Waals surface area contributed by atoms with Crippen LogP contribution in [0.4, 0.5) is 0 Å². The predicted octanol–water partition coefficient (Wildman–Crippen LogP) is 1.40. The Morgan fingerprint density at radius 3 is 2.40 bits per heavy atom. The third kappa shape index (κ3) is 3.11. The van der Waals surface area contributed by atoms with Gasteiger partial charge >= 0.3 is 11.4 Å². The third-order valence-electron chi connectivity index (χ3n) is 2.54. The molecule has 0 aliphatic heterocycles. The monoisotopic (exact) mass is 213 g/mol. The second-order valence-corrected chi connectivity index (χ2v) is 3.83. The number of nitrogens with zero attached hydrogens (tertiary/aromatic N) is 1. The highest BCUT2D eigenvalue weighted by Gasteiger charge is 2.12. The van der Waals surface area contributed by atoms with Gasteiger partial charge in [0, 0.05) is 0 Å². The standard InChI is InChI=1S/C10H19N3O2/c1-3-5-7-8(6-4-2)13-10(15)11-9(14)12-13/h8H,3-7H2,1-2H3,(H2,11,12,14,15). The van der Waals surface area contributed by atoms with E-state index < -0.39 is 5.69 Å². The summed E-state index contributed by atoms with van der Waals surface area (Å²) in [5.41, 5.74) is -0.743. The molecule has 0 fully saturated rings. The van der Waals surface area contributed by atoms with Crippen LogP contribution in [0, 0.1) is 0 Å². The fraction of sp³-hybridized carbons (Fsp3) is 0.800. The van der Waals surface area contributed by atoms with Gasteiger partial charge in [-0.05, 0) is 12.8 Å². The maximum absolute atomic E-state index is 11.4. The second-order valence-electron chi connectivity index (χ2n) is 3.83. The van der Waals surface area contributed by atoms with Crippen molar-refractivity contribution in [3.63, 3.8) is 0 Å². The Kier molecular flexibility index (Phi) is 4.39. The quantitative estimate of drug-likeness (QED) is 0.749. The lowest BCUT2D eigenvalue weighted by Gasteiger charge is -2.15. The van der Waals surface area contributed by atoms with Crippen LogP contribution >= 0.6 is 0 Å². The number of hydrogen-bond donors (Lipinski definition) is 2. The van der Waals surface area contributed by atoms with E-state index in [0.717, 1.165) is 32.1 Å². The van der Waals surface area contributed by atoms with E-state index in [1.54, 1.807) is 0 Å². The molecular formula is C10H19N3O2. The van der Waals surface area contributed by atoms with E-state index >= 15 is 0 Å². The van der Waals surface area contributed by atoms with Gasteiger partial charge in [0.15, 0.2) is 0 Å². The molecule has 1 aromatic rings. The summed E-state index contributed by atoms with van der Waals surface area (Å²) in [6, 6.07) is 0.126. The van der Waals surface area contributed by atoms with Gasteiger partial charge in [-0.3, -0.25) is 4.98 Å². The fourth-order valence-electron chi connectivity index (χ4n) is 1.78. The number of hydrogen-bond acceptors (Lipinski definition) is 2. The molecule has 0 aliphatic rings. The molecule has 2 N–H and O–H groups in total.